The molecule has 2 nitrogen and oxygen atoms in total. The fraction of sp³-hybridized carbons (Fsp3) is 0.350. The lowest BCUT2D eigenvalue weighted by Crippen LogP contribution is -2.54. The maximum atomic E-state index is 13.0. The Morgan fingerprint density at radius 2 is 1.68 bits per heavy atom. The first-order chi connectivity index (χ1) is 10.8. The normalized spacial score (nSPS) is 27.6. The number of fused-ring (bicyclic) bond motifs is 1. The molecule has 2 atom stereocenters. The van der Waals surface area contributed by atoms with E-state index in [0.717, 1.165) is 12.8 Å². The molecular formula is C20H20O2. The van der Waals surface area contributed by atoms with E-state index in [1.165, 1.54) is 16.7 Å². The van der Waals surface area contributed by atoms with Crippen molar-refractivity contribution in [3.8, 4) is 0 Å². The van der Waals surface area contributed by atoms with E-state index in [2.05, 4.69) is 42.5 Å². The van der Waals surface area contributed by atoms with E-state index in [0.29, 0.717) is 19.4 Å². The van der Waals surface area contributed by atoms with Crippen molar-refractivity contribution in [2.24, 2.45) is 0 Å². The number of hydrogen-bond acceptors (Lipinski definition) is 2. The molecule has 1 heterocycles. The summed E-state index contributed by atoms with van der Waals surface area (Å²) in [6.07, 6.45) is 3.26. The predicted octanol–water partition coefficient (Wildman–Crippen LogP) is 3.69. The lowest BCUT2D eigenvalue weighted by atomic mass is 9.67. The monoisotopic (exact) mass is 292 g/mol. The van der Waals surface area contributed by atoms with Crippen molar-refractivity contribution in [1.82, 2.24) is 0 Å². The van der Waals surface area contributed by atoms with E-state index in [9.17, 15) is 4.79 Å². The molecule has 0 radical (unpaired) electrons. The summed E-state index contributed by atoms with van der Waals surface area (Å²) < 4.78 is 6.19. The van der Waals surface area contributed by atoms with Gasteiger partial charge >= 0.3 is 0 Å². The lowest BCUT2D eigenvalue weighted by Gasteiger charge is -2.45. The van der Waals surface area contributed by atoms with Crippen molar-refractivity contribution in [3.63, 3.8) is 0 Å². The number of carbonyl (C=O) groups is 1. The maximum absolute atomic E-state index is 13.0. The molecular weight excluding hydrogens is 272 g/mol. The molecule has 4 rings (SSSR count). The maximum Gasteiger partial charge on any atom is 0.169 e. The molecule has 0 N–H and O–H groups in total. The van der Waals surface area contributed by atoms with Crippen LogP contribution in [0.2, 0.25) is 0 Å². The van der Waals surface area contributed by atoms with E-state index >= 15 is 0 Å². The van der Waals surface area contributed by atoms with E-state index in [4.69, 9.17) is 4.74 Å². The van der Waals surface area contributed by atoms with Crippen LogP contribution in [0.25, 0.3) is 0 Å². The number of hydrogen-bond donors (Lipinski definition) is 0. The van der Waals surface area contributed by atoms with Crippen molar-refractivity contribution in [2.45, 2.75) is 37.2 Å². The van der Waals surface area contributed by atoms with E-state index in [-0.39, 0.29) is 11.7 Å². The van der Waals surface area contributed by atoms with Crippen LogP contribution in [0.1, 0.15) is 35.4 Å². The van der Waals surface area contributed by atoms with Crippen LogP contribution in [-0.4, -0.2) is 18.0 Å². The topological polar surface area (TPSA) is 26.3 Å². The molecule has 2 aromatic carbocycles. The molecule has 112 valence electrons. The highest BCUT2D eigenvalue weighted by Crippen LogP contribution is 2.45. The minimum Gasteiger partial charge on any atom is -0.366 e. The van der Waals surface area contributed by atoms with Gasteiger partial charge in [0.2, 0.25) is 0 Å². The zero-order valence-electron chi connectivity index (χ0n) is 12.6. The zero-order chi connectivity index (χ0) is 15.0. The highest BCUT2D eigenvalue weighted by atomic mass is 16.5. The average Bonchev–Trinajstić information content (AvgIpc) is 2.57. The van der Waals surface area contributed by atoms with Gasteiger partial charge in [0, 0.05) is 25.4 Å². The lowest BCUT2D eigenvalue weighted by molar-refractivity contribution is -0.156. The minimum atomic E-state index is -0.659. The van der Waals surface area contributed by atoms with Gasteiger partial charge in [0.1, 0.15) is 5.60 Å². The average molecular weight is 292 g/mol. The molecule has 0 bridgehead atoms. The van der Waals surface area contributed by atoms with Crippen LogP contribution in [0.4, 0.5) is 0 Å². The number of ether oxygens (including phenoxy) is 1. The number of benzene rings is 2. The fourth-order valence-corrected chi connectivity index (χ4v) is 4.05. The Balaban J connectivity index is 1.79. The van der Waals surface area contributed by atoms with Gasteiger partial charge in [-0.3, -0.25) is 4.79 Å². The molecule has 2 aromatic rings. The highest BCUT2D eigenvalue weighted by molar-refractivity contribution is 5.92. The Kier molecular flexibility index (Phi) is 3.34. The SMILES string of the molecule is O=C1Cc2ccccc2C[C@]12OCCC[C@@H]2c1ccccc1. The van der Waals surface area contributed by atoms with Gasteiger partial charge in [-0.15, -0.1) is 0 Å². The van der Waals surface area contributed by atoms with Gasteiger partial charge in [-0.2, -0.15) is 0 Å². The summed E-state index contributed by atoms with van der Waals surface area (Å²) in [4.78, 5) is 13.0. The first-order valence-electron chi connectivity index (χ1n) is 8.08. The third kappa shape index (κ3) is 2.10. The number of rotatable bonds is 1. The molecule has 1 fully saturated rings. The Labute approximate surface area is 131 Å². The standard InChI is InChI=1S/C20H20O2/c21-19-13-16-9-4-5-10-17(16)14-20(19)18(11-6-12-22-20)15-7-2-1-3-8-15/h1-5,7-10,18H,6,11-14H2/t18-,20-/m1/s1. The number of Topliss-reactive ketones (excluding diaryl/α,β-unsaturated/α-hetero) is 1. The predicted molar refractivity (Wildman–Crippen MR) is 86.0 cm³/mol. The van der Waals surface area contributed by atoms with Gasteiger partial charge in [-0.05, 0) is 29.5 Å². The van der Waals surface area contributed by atoms with Gasteiger partial charge in [0.25, 0.3) is 0 Å². The van der Waals surface area contributed by atoms with Gasteiger partial charge in [0.05, 0.1) is 0 Å². The van der Waals surface area contributed by atoms with Crippen LogP contribution >= 0.6 is 0 Å². The van der Waals surface area contributed by atoms with Crippen molar-refractivity contribution in [1.29, 1.82) is 0 Å². The summed E-state index contributed by atoms with van der Waals surface area (Å²) in [5.74, 6) is 0.419. The Morgan fingerprint density at radius 3 is 2.50 bits per heavy atom. The van der Waals surface area contributed by atoms with Crippen molar-refractivity contribution in [2.75, 3.05) is 6.61 Å². The Hall–Kier alpha value is -1.93. The van der Waals surface area contributed by atoms with Crippen molar-refractivity contribution in [3.05, 3.63) is 71.3 Å². The fourth-order valence-electron chi connectivity index (χ4n) is 4.05. The molecule has 2 heteroatoms. The molecule has 0 unspecified atom stereocenters. The Bertz CT molecular complexity index is 692. The van der Waals surface area contributed by atoms with Crippen LogP contribution < -0.4 is 0 Å². The van der Waals surface area contributed by atoms with Crippen LogP contribution in [0, 0.1) is 0 Å². The smallest absolute Gasteiger partial charge is 0.169 e. The first-order valence-corrected chi connectivity index (χ1v) is 8.08. The first kappa shape index (κ1) is 13.7. The van der Waals surface area contributed by atoms with Gasteiger partial charge in [0.15, 0.2) is 5.78 Å². The zero-order valence-corrected chi connectivity index (χ0v) is 12.6. The number of carbonyl (C=O) groups excluding carboxylic acids is 1. The molecule has 22 heavy (non-hydrogen) atoms. The third-order valence-corrected chi connectivity index (χ3v) is 5.16. The van der Waals surface area contributed by atoms with E-state index < -0.39 is 5.60 Å². The largest absolute Gasteiger partial charge is 0.366 e. The van der Waals surface area contributed by atoms with Gasteiger partial charge in [-0.1, -0.05) is 54.6 Å². The summed E-state index contributed by atoms with van der Waals surface area (Å²) in [5, 5.41) is 0. The minimum absolute atomic E-state index is 0.170. The number of ketones is 1. The van der Waals surface area contributed by atoms with Crippen molar-refractivity contribution < 1.29 is 9.53 Å². The second kappa shape index (κ2) is 5.36. The highest BCUT2D eigenvalue weighted by Gasteiger charge is 2.50. The van der Waals surface area contributed by atoms with Crippen LogP contribution in [0.3, 0.4) is 0 Å². The molecule has 1 spiro atoms. The van der Waals surface area contributed by atoms with Crippen LogP contribution in [0.5, 0.6) is 0 Å². The molecule has 1 saturated heterocycles. The third-order valence-electron chi connectivity index (χ3n) is 5.16. The van der Waals surface area contributed by atoms with E-state index in [1.54, 1.807) is 0 Å². The molecule has 0 aromatic heterocycles. The summed E-state index contributed by atoms with van der Waals surface area (Å²) in [6.45, 7) is 0.692. The van der Waals surface area contributed by atoms with Crippen molar-refractivity contribution >= 4 is 5.78 Å². The molecule has 0 saturated carbocycles. The van der Waals surface area contributed by atoms with E-state index in [1.807, 2.05) is 12.1 Å². The van der Waals surface area contributed by atoms with Crippen LogP contribution in [0.15, 0.2) is 54.6 Å². The summed E-state index contributed by atoms with van der Waals surface area (Å²) in [5.41, 5.74) is 3.01. The molecule has 1 aliphatic carbocycles. The summed E-state index contributed by atoms with van der Waals surface area (Å²) in [7, 11) is 0. The van der Waals surface area contributed by atoms with Gasteiger partial charge < -0.3 is 4.74 Å². The molecule has 2 aliphatic rings. The molecule has 0 amide bonds. The second-order valence-electron chi connectivity index (χ2n) is 6.39. The quantitative estimate of drug-likeness (QED) is 0.801. The Morgan fingerprint density at radius 1 is 0.955 bits per heavy atom. The van der Waals surface area contributed by atoms with Crippen LogP contribution in [-0.2, 0) is 22.4 Å². The second-order valence-corrected chi connectivity index (χ2v) is 6.39. The van der Waals surface area contributed by atoms with Gasteiger partial charge in [-0.25, -0.2) is 0 Å². The summed E-state index contributed by atoms with van der Waals surface area (Å²) >= 11 is 0. The summed E-state index contributed by atoms with van der Waals surface area (Å²) in [6, 6.07) is 18.7. The molecule has 1 aliphatic heterocycles.